The van der Waals surface area contributed by atoms with Gasteiger partial charge in [-0.2, -0.15) is 0 Å². The minimum Gasteiger partial charge on any atom is -0.385 e. The number of unbranched alkanes of at least 4 members (excludes halogenated alkanes) is 1. The number of carbonyl (C=O) groups is 1. The van der Waals surface area contributed by atoms with E-state index in [0.717, 1.165) is 45.5 Å². The van der Waals surface area contributed by atoms with Gasteiger partial charge in [-0.25, -0.2) is 0 Å². The monoisotopic (exact) mass is 214 g/mol. The summed E-state index contributed by atoms with van der Waals surface area (Å²) in [6.45, 7) is 5.44. The molecule has 0 aromatic rings. The highest BCUT2D eigenvalue weighted by atomic mass is 16.5. The summed E-state index contributed by atoms with van der Waals surface area (Å²) in [4.78, 5) is 13.8. The summed E-state index contributed by atoms with van der Waals surface area (Å²) in [6, 6.07) is -0.0186. The maximum absolute atomic E-state index is 11.8. The molecular formula is C11H22N2O2. The van der Waals surface area contributed by atoms with Crippen LogP contribution in [0.2, 0.25) is 0 Å². The minimum absolute atomic E-state index is 0.0186. The molecule has 0 saturated carbocycles. The summed E-state index contributed by atoms with van der Waals surface area (Å²) in [5.74, 6) is 0.241. The zero-order valence-electron chi connectivity index (χ0n) is 9.79. The molecule has 0 aliphatic carbocycles. The summed E-state index contributed by atoms with van der Waals surface area (Å²) in [5, 5.41) is 3.21. The van der Waals surface area contributed by atoms with Gasteiger partial charge in [0.1, 0.15) is 0 Å². The van der Waals surface area contributed by atoms with Crippen molar-refractivity contribution in [2.24, 2.45) is 0 Å². The first-order valence-corrected chi connectivity index (χ1v) is 5.77. The zero-order chi connectivity index (χ0) is 11.1. The Labute approximate surface area is 92.0 Å². The number of hydrogen-bond acceptors (Lipinski definition) is 3. The van der Waals surface area contributed by atoms with E-state index in [4.69, 9.17) is 4.74 Å². The molecule has 1 aliphatic heterocycles. The van der Waals surface area contributed by atoms with E-state index in [1.807, 2.05) is 11.8 Å². The Morgan fingerprint density at radius 3 is 3.07 bits per heavy atom. The zero-order valence-corrected chi connectivity index (χ0v) is 9.79. The molecule has 15 heavy (non-hydrogen) atoms. The van der Waals surface area contributed by atoms with E-state index < -0.39 is 0 Å². The number of amides is 1. The molecule has 0 aromatic carbocycles. The number of carbonyl (C=O) groups excluding carboxylic acids is 1. The first kappa shape index (κ1) is 12.5. The fourth-order valence-electron chi connectivity index (χ4n) is 1.83. The largest absolute Gasteiger partial charge is 0.385 e. The maximum atomic E-state index is 11.8. The Kier molecular flexibility index (Phi) is 5.65. The van der Waals surface area contributed by atoms with Crippen LogP contribution in [0.4, 0.5) is 0 Å². The van der Waals surface area contributed by atoms with Crippen LogP contribution in [0.1, 0.15) is 26.2 Å². The van der Waals surface area contributed by atoms with Gasteiger partial charge in [0, 0.05) is 26.8 Å². The van der Waals surface area contributed by atoms with Crippen molar-refractivity contribution >= 4 is 5.91 Å². The molecule has 0 spiro atoms. The van der Waals surface area contributed by atoms with Crippen LogP contribution in [0.5, 0.6) is 0 Å². The van der Waals surface area contributed by atoms with Gasteiger partial charge in [-0.3, -0.25) is 4.79 Å². The summed E-state index contributed by atoms with van der Waals surface area (Å²) in [6.07, 6.45) is 3.12. The second-order valence-corrected chi connectivity index (χ2v) is 4.05. The minimum atomic E-state index is -0.0186. The Morgan fingerprint density at radius 2 is 2.33 bits per heavy atom. The van der Waals surface area contributed by atoms with Crippen LogP contribution in [0.25, 0.3) is 0 Å². The van der Waals surface area contributed by atoms with Crippen molar-refractivity contribution in [3.05, 3.63) is 0 Å². The SMILES string of the molecule is COCCCCN1CCCNC(C)C1=O. The number of ether oxygens (including phenoxy) is 1. The molecule has 1 atom stereocenters. The first-order valence-electron chi connectivity index (χ1n) is 5.77. The quantitative estimate of drug-likeness (QED) is 0.682. The third-order valence-corrected chi connectivity index (χ3v) is 2.76. The van der Waals surface area contributed by atoms with Gasteiger partial charge in [-0.05, 0) is 32.7 Å². The molecule has 1 amide bonds. The van der Waals surface area contributed by atoms with Crippen LogP contribution in [-0.2, 0) is 9.53 Å². The molecule has 1 saturated heterocycles. The van der Waals surface area contributed by atoms with E-state index in [1.165, 1.54) is 0 Å². The number of hydrogen-bond donors (Lipinski definition) is 1. The molecule has 88 valence electrons. The van der Waals surface area contributed by atoms with E-state index >= 15 is 0 Å². The Bertz CT molecular complexity index is 197. The molecule has 0 bridgehead atoms. The third-order valence-electron chi connectivity index (χ3n) is 2.76. The topological polar surface area (TPSA) is 41.6 Å². The molecule has 0 radical (unpaired) electrons. The van der Waals surface area contributed by atoms with Crippen LogP contribution < -0.4 is 5.32 Å². The normalized spacial score (nSPS) is 22.9. The van der Waals surface area contributed by atoms with Gasteiger partial charge in [-0.1, -0.05) is 0 Å². The molecule has 1 fully saturated rings. The average molecular weight is 214 g/mol. The van der Waals surface area contributed by atoms with Crippen molar-refractivity contribution in [2.75, 3.05) is 33.4 Å². The van der Waals surface area contributed by atoms with Crippen LogP contribution in [0.3, 0.4) is 0 Å². The highest BCUT2D eigenvalue weighted by Gasteiger charge is 2.21. The van der Waals surface area contributed by atoms with Crippen molar-refractivity contribution in [1.82, 2.24) is 10.2 Å². The maximum Gasteiger partial charge on any atom is 0.239 e. The Hall–Kier alpha value is -0.610. The van der Waals surface area contributed by atoms with E-state index in [1.54, 1.807) is 7.11 Å². The molecule has 4 heteroatoms. The smallest absolute Gasteiger partial charge is 0.239 e. The molecular weight excluding hydrogens is 192 g/mol. The van der Waals surface area contributed by atoms with Crippen LogP contribution in [0.15, 0.2) is 0 Å². The van der Waals surface area contributed by atoms with E-state index in [0.29, 0.717) is 0 Å². The average Bonchev–Trinajstić information content (AvgIpc) is 2.39. The Balaban J connectivity index is 2.28. The van der Waals surface area contributed by atoms with Gasteiger partial charge in [0.05, 0.1) is 6.04 Å². The Morgan fingerprint density at radius 1 is 1.53 bits per heavy atom. The van der Waals surface area contributed by atoms with Crippen molar-refractivity contribution in [1.29, 1.82) is 0 Å². The van der Waals surface area contributed by atoms with Gasteiger partial charge < -0.3 is 15.0 Å². The van der Waals surface area contributed by atoms with E-state index in [9.17, 15) is 4.79 Å². The van der Waals surface area contributed by atoms with Gasteiger partial charge in [0.25, 0.3) is 0 Å². The lowest BCUT2D eigenvalue weighted by molar-refractivity contribution is -0.132. The second kappa shape index (κ2) is 6.80. The standard InChI is InChI=1S/C11H22N2O2/c1-10-11(14)13(8-5-6-12-10)7-3-4-9-15-2/h10,12H,3-9H2,1-2H3. The van der Waals surface area contributed by atoms with E-state index in [-0.39, 0.29) is 11.9 Å². The van der Waals surface area contributed by atoms with Gasteiger partial charge >= 0.3 is 0 Å². The van der Waals surface area contributed by atoms with Crippen LogP contribution in [0, 0.1) is 0 Å². The molecule has 1 rings (SSSR count). The number of rotatable bonds is 5. The molecule has 1 heterocycles. The summed E-state index contributed by atoms with van der Waals surface area (Å²) in [5.41, 5.74) is 0. The molecule has 1 N–H and O–H groups in total. The van der Waals surface area contributed by atoms with Crippen LogP contribution in [-0.4, -0.2) is 50.2 Å². The summed E-state index contributed by atoms with van der Waals surface area (Å²) in [7, 11) is 1.71. The predicted octanol–water partition coefficient (Wildman–Crippen LogP) is 0.623. The van der Waals surface area contributed by atoms with Crippen molar-refractivity contribution in [3.8, 4) is 0 Å². The second-order valence-electron chi connectivity index (χ2n) is 4.05. The molecule has 1 unspecified atom stereocenters. The number of nitrogens with one attached hydrogen (secondary N) is 1. The molecule has 0 aromatic heterocycles. The lowest BCUT2D eigenvalue weighted by Crippen LogP contribution is -2.42. The fourth-order valence-corrected chi connectivity index (χ4v) is 1.83. The molecule has 1 aliphatic rings. The predicted molar refractivity (Wildman–Crippen MR) is 59.8 cm³/mol. The lowest BCUT2D eigenvalue weighted by atomic mass is 10.2. The fraction of sp³-hybridized carbons (Fsp3) is 0.909. The first-order chi connectivity index (χ1) is 7.25. The van der Waals surface area contributed by atoms with Gasteiger partial charge in [-0.15, -0.1) is 0 Å². The highest BCUT2D eigenvalue weighted by Crippen LogP contribution is 2.04. The van der Waals surface area contributed by atoms with Crippen molar-refractivity contribution in [3.63, 3.8) is 0 Å². The molecule has 4 nitrogen and oxygen atoms in total. The lowest BCUT2D eigenvalue weighted by Gasteiger charge is -2.22. The van der Waals surface area contributed by atoms with Crippen LogP contribution >= 0.6 is 0 Å². The summed E-state index contributed by atoms with van der Waals surface area (Å²) >= 11 is 0. The third kappa shape index (κ3) is 4.18. The van der Waals surface area contributed by atoms with Crippen molar-refractivity contribution in [2.45, 2.75) is 32.2 Å². The van der Waals surface area contributed by atoms with E-state index in [2.05, 4.69) is 5.32 Å². The number of nitrogens with zero attached hydrogens (tertiary/aromatic N) is 1. The van der Waals surface area contributed by atoms with Gasteiger partial charge in [0.2, 0.25) is 5.91 Å². The highest BCUT2D eigenvalue weighted by molar-refractivity contribution is 5.81. The summed E-state index contributed by atoms with van der Waals surface area (Å²) < 4.78 is 4.99. The number of methoxy groups -OCH3 is 1. The van der Waals surface area contributed by atoms with Crippen molar-refractivity contribution < 1.29 is 9.53 Å². The van der Waals surface area contributed by atoms with Gasteiger partial charge in [0.15, 0.2) is 0 Å².